The van der Waals surface area contributed by atoms with Crippen LogP contribution in [0.4, 0.5) is 5.69 Å². The van der Waals surface area contributed by atoms with Crippen LogP contribution in [0.15, 0.2) is 24.3 Å². The molecule has 0 radical (unpaired) electrons. The Morgan fingerprint density at radius 3 is 2.18 bits per heavy atom. The van der Waals surface area contributed by atoms with Crippen LogP contribution in [-0.4, -0.2) is 36.9 Å². The summed E-state index contributed by atoms with van der Waals surface area (Å²) in [4.78, 5) is 26.2. The number of ketones is 1. The van der Waals surface area contributed by atoms with E-state index in [0.29, 0.717) is 5.78 Å². The average Bonchev–Trinajstić information content (AvgIpc) is 2.43. The third-order valence-electron chi connectivity index (χ3n) is 5.80. The number of non-ortho nitro benzene ring substituents is 1. The van der Waals surface area contributed by atoms with Gasteiger partial charge >= 0.3 is 0 Å². The minimum atomic E-state index is -0.332. The molecule has 6 heteroatoms. The number of rotatable bonds is 2. The molecule has 22 heavy (non-hydrogen) atoms. The Bertz CT molecular complexity index is 647. The van der Waals surface area contributed by atoms with Crippen LogP contribution in [0.1, 0.15) is 25.6 Å². The minimum absolute atomic E-state index is 0.154. The second kappa shape index (κ2) is 4.14. The Hall–Kier alpha value is -1.79. The van der Waals surface area contributed by atoms with E-state index in [0.717, 1.165) is 31.7 Å². The molecule has 4 saturated heterocycles. The highest BCUT2D eigenvalue weighted by Crippen LogP contribution is 2.36. The standard InChI is InChI=1S/C16H19N3O3/c1-15-7-17-9-16(2,14(15)20)10-18(8-15)13(17)11-4-3-5-12(6-11)19(21)22/h3-6,13H,7-10H2,1-2H3/p+2. The Labute approximate surface area is 128 Å². The Morgan fingerprint density at radius 1 is 1.14 bits per heavy atom. The number of nitrogens with one attached hydrogen (secondary N) is 2. The zero-order chi connectivity index (χ0) is 15.7. The normalized spacial score (nSPS) is 42.6. The van der Waals surface area contributed by atoms with Gasteiger partial charge in [-0.1, -0.05) is 6.07 Å². The van der Waals surface area contributed by atoms with Gasteiger partial charge in [-0.05, 0) is 19.9 Å². The van der Waals surface area contributed by atoms with Crippen molar-refractivity contribution < 1.29 is 19.5 Å². The first-order chi connectivity index (χ1) is 10.3. The molecule has 0 atom stereocenters. The highest BCUT2D eigenvalue weighted by molar-refractivity contribution is 5.91. The van der Waals surface area contributed by atoms with E-state index in [4.69, 9.17) is 0 Å². The van der Waals surface area contributed by atoms with Crippen molar-refractivity contribution in [3.63, 3.8) is 0 Å². The third kappa shape index (κ3) is 1.71. The number of hydrogen-bond donors (Lipinski definition) is 2. The maximum absolute atomic E-state index is 12.7. The first kappa shape index (κ1) is 13.8. The first-order valence-electron chi connectivity index (χ1n) is 7.81. The molecule has 0 saturated carbocycles. The molecule has 0 aliphatic carbocycles. The summed E-state index contributed by atoms with van der Waals surface area (Å²) in [6.45, 7) is 7.57. The first-order valence-corrected chi connectivity index (χ1v) is 7.81. The summed E-state index contributed by atoms with van der Waals surface area (Å²) in [6, 6.07) is 7.02. The topological polar surface area (TPSA) is 69.1 Å². The SMILES string of the molecule is CC12C[NH+]3CC(C)(C[NH+](C1)C3c1cccc([N+](=O)[O-])c1)C2=O. The van der Waals surface area contributed by atoms with Gasteiger partial charge < -0.3 is 0 Å². The number of piperidine rings is 2. The number of carbonyl (C=O) groups excluding carboxylic acids is 1. The number of benzene rings is 1. The molecule has 4 heterocycles. The molecule has 0 unspecified atom stereocenters. The van der Waals surface area contributed by atoms with Gasteiger partial charge in [-0.2, -0.15) is 0 Å². The molecule has 0 spiro atoms. The van der Waals surface area contributed by atoms with Gasteiger partial charge in [0, 0.05) is 12.1 Å². The van der Waals surface area contributed by atoms with E-state index in [9.17, 15) is 14.9 Å². The van der Waals surface area contributed by atoms with Crippen LogP contribution < -0.4 is 9.80 Å². The number of nitro groups is 1. The maximum atomic E-state index is 12.7. The molecule has 4 bridgehead atoms. The lowest BCUT2D eigenvalue weighted by Gasteiger charge is -2.58. The van der Waals surface area contributed by atoms with Gasteiger partial charge in [0.25, 0.3) is 5.69 Å². The quantitative estimate of drug-likeness (QED) is 0.543. The van der Waals surface area contributed by atoms with E-state index in [1.54, 1.807) is 18.2 Å². The molecule has 0 amide bonds. The van der Waals surface area contributed by atoms with Gasteiger partial charge in [-0.15, -0.1) is 0 Å². The van der Waals surface area contributed by atoms with Crippen LogP contribution in [0.2, 0.25) is 0 Å². The lowest BCUT2D eigenvalue weighted by molar-refractivity contribution is -1.18. The molecular weight excluding hydrogens is 282 g/mol. The fraction of sp³-hybridized carbons (Fsp3) is 0.562. The lowest BCUT2D eigenvalue weighted by atomic mass is 9.62. The van der Waals surface area contributed by atoms with Crippen molar-refractivity contribution in [3.05, 3.63) is 39.9 Å². The molecule has 2 N–H and O–H groups in total. The van der Waals surface area contributed by atoms with Crippen molar-refractivity contribution in [1.82, 2.24) is 0 Å². The monoisotopic (exact) mass is 303 g/mol. The van der Waals surface area contributed by atoms with Gasteiger partial charge in [-0.3, -0.25) is 24.7 Å². The van der Waals surface area contributed by atoms with Crippen LogP contribution in [0, 0.1) is 20.9 Å². The number of carbonyl (C=O) groups is 1. The molecule has 4 aliphatic heterocycles. The van der Waals surface area contributed by atoms with Crippen LogP contribution in [0.3, 0.4) is 0 Å². The van der Waals surface area contributed by atoms with Crippen molar-refractivity contribution in [3.8, 4) is 0 Å². The molecule has 0 aromatic heterocycles. The average molecular weight is 303 g/mol. The van der Waals surface area contributed by atoms with Crippen LogP contribution >= 0.6 is 0 Å². The zero-order valence-corrected chi connectivity index (χ0v) is 12.9. The second-order valence-electron chi connectivity index (χ2n) is 7.76. The summed E-state index contributed by atoms with van der Waals surface area (Å²) in [6.07, 6.45) is 0.217. The highest BCUT2D eigenvalue weighted by Gasteiger charge is 2.68. The highest BCUT2D eigenvalue weighted by atomic mass is 16.6. The summed E-state index contributed by atoms with van der Waals surface area (Å²) in [5.74, 6) is 0.421. The van der Waals surface area contributed by atoms with Crippen molar-refractivity contribution >= 4 is 11.5 Å². The van der Waals surface area contributed by atoms with Gasteiger partial charge in [-0.25, -0.2) is 0 Å². The predicted molar refractivity (Wildman–Crippen MR) is 78.5 cm³/mol. The fourth-order valence-electron chi connectivity index (χ4n) is 5.29. The Kier molecular flexibility index (Phi) is 2.61. The number of Topliss-reactive ketones (excluding diaryl/α,β-unsaturated/α-hetero) is 1. The van der Waals surface area contributed by atoms with E-state index in [1.807, 2.05) is 6.07 Å². The Balaban J connectivity index is 1.73. The zero-order valence-electron chi connectivity index (χ0n) is 12.9. The van der Waals surface area contributed by atoms with Gasteiger partial charge in [0.1, 0.15) is 10.8 Å². The maximum Gasteiger partial charge on any atom is 0.270 e. The van der Waals surface area contributed by atoms with Gasteiger partial charge in [0.05, 0.1) is 36.7 Å². The third-order valence-corrected chi connectivity index (χ3v) is 5.80. The summed E-state index contributed by atoms with van der Waals surface area (Å²) in [5.41, 5.74) is 0.721. The van der Waals surface area contributed by atoms with Crippen LogP contribution in [0.5, 0.6) is 0 Å². The van der Waals surface area contributed by atoms with Gasteiger partial charge in [0.15, 0.2) is 5.78 Å². The summed E-state index contributed by atoms with van der Waals surface area (Å²) < 4.78 is 0. The van der Waals surface area contributed by atoms with Crippen LogP contribution in [0.25, 0.3) is 0 Å². The number of quaternary nitrogens is 2. The van der Waals surface area contributed by atoms with Crippen molar-refractivity contribution in [2.45, 2.75) is 20.0 Å². The molecule has 4 aliphatic rings. The van der Waals surface area contributed by atoms with E-state index in [-0.39, 0.29) is 27.6 Å². The van der Waals surface area contributed by atoms with E-state index in [2.05, 4.69) is 13.8 Å². The van der Waals surface area contributed by atoms with E-state index < -0.39 is 0 Å². The number of hydrogen-bond acceptors (Lipinski definition) is 3. The van der Waals surface area contributed by atoms with Gasteiger partial charge in [0.2, 0.25) is 6.17 Å². The van der Waals surface area contributed by atoms with E-state index in [1.165, 1.54) is 9.80 Å². The molecule has 4 fully saturated rings. The fourth-order valence-corrected chi connectivity index (χ4v) is 5.29. The predicted octanol–water partition coefficient (Wildman–Crippen LogP) is -1.01. The molecular formula is C16H21N3O3+2. The summed E-state index contributed by atoms with van der Waals surface area (Å²) in [7, 11) is 0. The Morgan fingerprint density at radius 2 is 1.68 bits per heavy atom. The molecule has 5 rings (SSSR count). The number of nitro benzene ring substituents is 1. The lowest BCUT2D eigenvalue weighted by Crippen LogP contribution is -3.41. The largest absolute Gasteiger partial charge is 0.297 e. The van der Waals surface area contributed by atoms with Crippen molar-refractivity contribution in [2.75, 3.05) is 26.2 Å². The molecule has 1 aromatic carbocycles. The van der Waals surface area contributed by atoms with Crippen molar-refractivity contribution in [2.24, 2.45) is 10.8 Å². The second-order valence-corrected chi connectivity index (χ2v) is 7.76. The number of nitrogens with zero attached hydrogens (tertiary/aromatic N) is 1. The van der Waals surface area contributed by atoms with E-state index >= 15 is 0 Å². The van der Waals surface area contributed by atoms with Crippen molar-refractivity contribution in [1.29, 1.82) is 0 Å². The molecule has 1 aromatic rings. The summed E-state index contributed by atoms with van der Waals surface area (Å²) >= 11 is 0. The molecule has 116 valence electrons. The summed E-state index contributed by atoms with van der Waals surface area (Å²) in [5, 5.41) is 11.0. The molecule has 6 nitrogen and oxygen atoms in total. The smallest absolute Gasteiger partial charge is 0.270 e. The van der Waals surface area contributed by atoms with Crippen LogP contribution in [-0.2, 0) is 4.79 Å². The minimum Gasteiger partial charge on any atom is -0.297 e.